The second kappa shape index (κ2) is 11.2. The van der Waals surface area contributed by atoms with Gasteiger partial charge in [-0.1, -0.05) is 13.8 Å². The third kappa shape index (κ3) is 5.40. The van der Waals surface area contributed by atoms with Gasteiger partial charge in [0.2, 0.25) is 17.8 Å². The van der Waals surface area contributed by atoms with Gasteiger partial charge in [0.25, 0.3) is 11.8 Å². The molecule has 3 fully saturated rings. The Morgan fingerprint density at radius 2 is 1.74 bits per heavy atom. The van der Waals surface area contributed by atoms with E-state index < -0.39 is 35.9 Å². The number of hydrogen-bond acceptors (Lipinski definition) is 8. The fourth-order valence-corrected chi connectivity index (χ4v) is 5.81. The van der Waals surface area contributed by atoms with E-state index in [2.05, 4.69) is 10.2 Å². The van der Waals surface area contributed by atoms with Crippen LogP contribution in [0.15, 0.2) is 36.6 Å². The van der Waals surface area contributed by atoms with E-state index in [1.165, 1.54) is 22.1 Å². The van der Waals surface area contributed by atoms with Crippen molar-refractivity contribution in [3.05, 3.63) is 42.2 Å². The molecule has 1 N–H and O–H groups in total. The third-order valence-electron chi connectivity index (χ3n) is 7.73. The van der Waals surface area contributed by atoms with Gasteiger partial charge in [-0.15, -0.1) is 0 Å². The number of morpholine rings is 1. The molecule has 11 nitrogen and oxygen atoms in total. The third-order valence-corrected chi connectivity index (χ3v) is 7.73. The number of amides is 3. The van der Waals surface area contributed by atoms with Crippen LogP contribution in [0.1, 0.15) is 37.0 Å². The Balaban J connectivity index is 1.27. The monoisotopic (exact) mass is 538 g/mol. The summed E-state index contributed by atoms with van der Waals surface area (Å²) in [5.74, 6) is -1.88. The van der Waals surface area contributed by atoms with Crippen LogP contribution in [0.2, 0.25) is 0 Å². The zero-order chi connectivity index (χ0) is 27.7. The molecule has 208 valence electrons. The molecular formula is C28H34N4O7. The van der Waals surface area contributed by atoms with Crippen molar-refractivity contribution < 1.29 is 33.4 Å². The number of nitrogens with one attached hydrogen (secondary N) is 1. The minimum Gasteiger partial charge on any atom is -0.480 e. The van der Waals surface area contributed by atoms with Crippen molar-refractivity contribution in [2.45, 2.75) is 50.9 Å². The van der Waals surface area contributed by atoms with Crippen molar-refractivity contribution in [2.75, 3.05) is 44.3 Å². The summed E-state index contributed by atoms with van der Waals surface area (Å²) in [4.78, 5) is 69.9. The van der Waals surface area contributed by atoms with Crippen molar-refractivity contribution in [3.63, 3.8) is 0 Å². The van der Waals surface area contributed by atoms with Gasteiger partial charge in [-0.25, -0.2) is 0 Å². The number of ether oxygens (including phenoxy) is 2. The number of benzene rings is 1. The van der Waals surface area contributed by atoms with Crippen LogP contribution in [0.4, 0.5) is 5.69 Å². The summed E-state index contributed by atoms with van der Waals surface area (Å²) in [5.41, 5.74) is 1.45. The number of carbonyl (C=O) groups excluding carboxylic acids is 5. The molecule has 4 heterocycles. The maximum Gasteiger partial charge on any atom is 0.272 e. The Morgan fingerprint density at radius 3 is 2.38 bits per heavy atom. The van der Waals surface area contributed by atoms with Gasteiger partial charge < -0.3 is 29.5 Å². The molecule has 0 radical (unpaired) electrons. The lowest BCUT2D eigenvalue weighted by atomic mass is 10.0. The van der Waals surface area contributed by atoms with Gasteiger partial charge in [-0.05, 0) is 43.0 Å². The summed E-state index contributed by atoms with van der Waals surface area (Å²) in [6, 6.07) is 5.13. The van der Waals surface area contributed by atoms with Crippen LogP contribution in [0.5, 0.6) is 0 Å². The number of rotatable bonds is 7. The van der Waals surface area contributed by atoms with Crippen LogP contribution in [-0.4, -0.2) is 103 Å². The first kappa shape index (κ1) is 26.9. The maximum atomic E-state index is 13.7. The molecular weight excluding hydrogens is 504 g/mol. The molecule has 4 aliphatic heterocycles. The first-order valence-corrected chi connectivity index (χ1v) is 13.5. The smallest absolute Gasteiger partial charge is 0.272 e. The average molecular weight is 539 g/mol. The number of Topliss-reactive ketones (excluding diaryl/α,β-unsaturated/α-hetero) is 1. The molecule has 39 heavy (non-hydrogen) atoms. The van der Waals surface area contributed by atoms with Crippen LogP contribution >= 0.6 is 0 Å². The largest absolute Gasteiger partial charge is 0.480 e. The van der Waals surface area contributed by atoms with E-state index in [0.717, 1.165) is 18.8 Å². The highest BCUT2D eigenvalue weighted by molar-refractivity contribution is 6.12. The zero-order valence-electron chi connectivity index (χ0n) is 22.2. The van der Waals surface area contributed by atoms with Gasteiger partial charge in [0.15, 0.2) is 5.78 Å². The molecule has 3 saturated heterocycles. The topological polar surface area (TPSA) is 126 Å². The second-order valence-electron chi connectivity index (χ2n) is 10.8. The van der Waals surface area contributed by atoms with E-state index in [4.69, 9.17) is 9.47 Å². The molecule has 5 rings (SSSR count). The summed E-state index contributed by atoms with van der Waals surface area (Å²) in [7, 11) is 0. The van der Waals surface area contributed by atoms with Crippen molar-refractivity contribution in [3.8, 4) is 0 Å². The number of hydrogen-bond donors (Lipinski definition) is 1. The van der Waals surface area contributed by atoms with Gasteiger partial charge in [0.05, 0.1) is 32.1 Å². The number of carbonyl (C=O) groups is 5. The molecule has 0 spiro atoms. The molecule has 1 aromatic rings. The maximum absolute atomic E-state index is 13.7. The quantitative estimate of drug-likeness (QED) is 0.499. The van der Waals surface area contributed by atoms with E-state index in [1.54, 1.807) is 12.1 Å². The Hall–Kier alpha value is -3.73. The summed E-state index contributed by atoms with van der Waals surface area (Å²) >= 11 is 0. The Labute approximate surface area is 227 Å². The van der Waals surface area contributed by atoms with Gasteiger partial charge in [-0.2, -0.15) is 0 Å². The Bertz CT molecular complexity index is 1170. The normalized spacial score (nSPS) is 25.2. The van der Waals surface area contributed by atoms with Gasteiger partial charge in [-0.3, -0.25) is 24.0 Å². The SMILES string of the molecule is CC(C)CC(NC(=O)c1ccc(N2CCOCC2)cc1)C(=O)N1CCC2C1C(=O)CN2C(=O)C1OC=CC1=O. The van der Waals surface area contributed by atoms with E-state index in [0.29, 0.717) is 31.6 Å². The average Bonchev–Trinajstić information content (AvgIpc) is 3.64. The lowest BCUT2D eigenvalue weighted by Crippen LogP contribution is -2.53. The molecule has 4 unspecified atom stereocenters. The van der Waals surface area contributed by atoms with Gasteiger partial charge in [0, 0.05) is 37.0 Å². The van der Waals surface area contributed by atoms with Gasteiger partial charge >= 0.3 is 0 Å². The highest BCUT2D eigenvalue weighted by Gasteiger charge is 2.54. The number of anilines is 1. The number of likely N-dealkylation sites (tertiary alicyclic amines) is 2. The molecule has 4 atom stereocenters. The predicted octanol–water partition coefficient (Wildman–Crippen LogP) is 0.530. The molecule has 4 aliphatic rings. The Kier molecular flexibility index (Phi) is 7.69. The van der Waals surface area contributed by atoms with Crippen molar-refractivity contribution in [1.29, 1.82) is 0 Å². The number of ketones is 2. The van der Waals surface area contributed by atoms with Crippen LogP contribution in [0, 0.1) is 5.92 Å². The Morgan fingerprint density at radius 1 is 1.03 bits per heavy atom. The van der Waals surface area contributed by atoms with Gasteiger partial charge in [0.1, 0.15) is 12.1 Å². The van der Waals surface area contributed by atoms with Crippen LogP contribution in [-0.2, 0) is 28.7 Å². The fourth-order valence-electron chi connectivity index (χ4n) is 5.81. The minimum absolute atomic E-state index is 0.108. The second-order valence-corrected chi connectivity index (χ2v) is 10.8. The molecule has 1 aromatic carbocycles. The number of nitrogens with zero attached hydrogens (tertiary/aromatic N) is 3. The molecule has 0 saturated carbocycles. The van der Waals surface area contributed by atoms with E-state index in [1.807, 2.05) is 26.0 Å². The number of fused-ring (bicyclic) bond motifs is 1. The van der Waals surface area contributed by atoms with Crippen LogP contribution in [0.3, 0.4) is 0 Å². The highest BCUT2D eigenvalue weighted by Crippen LogP contribution is 2.32. The molecule has 11 heteroatoms. The van der Waals surface area contributed by atoms with Crippen LogP contribution in [0.25, 0.3) is 0 Å². The summed E-state index contributed by atoms with van der Waals surface area (Å²) in [5, 5.41) is 2.89. The van der Waals surface area contributed by atoms with Crippen molar-refractivity contribution in [2.24, 2.45) is 5.92 Å². The summed E-state index contributed by atoms with van der Waals surface area (Å²) in [6.45, 7) is 6.93. The highest BCUT2D eigenvalue weighted by atomic mass is 16.5. The fraction of sp³-hybridized carbons (Fsp3) is 0.536. The van der Waals surface area contributed by atoms with Crippen molar-refractivity contribution >= 4 is 35.0 Å². The summed E-state index contributed by atoms with van der Waals surface area (Å²) in [6.07, 6.45) is 1.91. The summed E-state index contributed by atoms with van der Waals surface area (Å²) < 4.78 is 10.5. The van der Waals surface area contributed by atoms with Crippen molar-refractivity contribution in [1.82, 2.24) is 15.1 Å². The first-order valence-electron chi connectivity index (χ1n) is 13.5. The van der Waals surface area contributed by atoms with E-state index >= 15 is 0 Å². The molecule has 3 amide bonds. The molecule has 0 aliphatic carbocycles. The van der Waals surface area contributed by atoms with Crippen LogP contribution < -0.4 is 10.2 Å². The standard InChI is InChI=1S/C28H34N4O7/c1-17(2)15-20(29-26(35)18-3-5-19(6-4-18)30-10-13-38-14-11-30)27(36)31-9-7-21-24(31)23(34)16-32(21)28(37)25-22(33)8-12-39-25/h3-6,8,12,17,20-21,24-25H,7,9-11,13-16H2,1-2H3,(H,29,35). The minimum atomic E-state index is -1.27. The van der Waals surface area contributed by atoms with E-state index in [9.17, 15) is 24.0 Å². The molecule has 0 bridgehead atoms. The molecule has 0 aromatic heterocycles. The zero-order valence-corrected chi connectivity index (χ0v) is 22.2. The first-order chi connectivity index (χ1) is 18.7. The predicted molar refractivity (Wildman–Crippen MR) is 140 cm³/mol. The van der Waals surface area contributed by atoms with E-state index in [-0.39, 0.29) is 36.6 Å². The lowest BCUT2D eigenvalue weighted by molar-refractivity contribution is -0.145. The lowest BCUT2D eigenvalue weighted by Gasteiger charge is -2.30.